The van der Waals surface area contributed by atoms with Gasteiger partial charge in [0.1, 0.15) is 0 Å². The minimum Gasteiger partial charge on any atom is -0.391 e. The van der Waals surface area contributed by atoms with E-state index in [4.69, 9.17) is 10.8 Å². The SMILES string of the molecule is NC1CCC([N+](=O)[O-])CC1O. The van der Waals surface area contributed by atoms with Gasteiger partial charge in [0.2, 0.25) is 6.04 Å². The van der Waals surface area contributed by atoms with Gasteiger partial charge >= 0.3 is 0 Å². The summed E-state index contributed by atoms with van der Waals surface area (Å²) in [5, 5.41) is 19.4. The van der Waals surface area contributed by atoms with Gasteiger partial charge in [0, 0.05) is 23.8 Å². The average Bonchev–Trinajstić information content (AvgIpc) is 1.94. The van der Waals surface area contributed by atoms with Crippen LogP contribution in [0.4, 0.5) is 0 Å². The molecule has 1 aliphatic carbocycles. The third kappa shape index (κ3) is 1.87. The summed E-state index contributed by atoms with van der Waals surface area (Å²) in [6.45, 7) is 0. The molecule has 3 atom stereocenters. The highest BCUT2D eigenvalue weighted by atomic mass is 16.6. The standard InChI is InChI=1S/C6H12N2O3/c7-5-2-1-4(8(10)11)3-6(5)9/h4-6,9H,1-3,7H2. The molecule has 0 spiro atoms. The van der Waals surface area contributed by atoms with Gasteiger partial charge in [-0.15, -0.1) is 0 Å². The molecule has 0 heterocycles. The number of hydrogen-bond acceptors (Lipinski definition) is 4. The van der Waals surface area contributed by atoms with Gasteiger partial charge in [0.25, 0.3) is 0 Å². The van der Waals surface area contributed by atoms with Crippen molar-refractivity contribution < 1.29 is 10.0 Å². The highest BCUT2D eigenvalue weighted by Gasteiger charge is 2.32. The second-order valence-electron chi connectivity index (χ2n) is 2.98. The number of aliphatic hydroxyl groups excluding tert-OH is 1. The van der Waals surface area contributed by atoms with Gasteiger partial charge in [-0.2, -0.15) is 0 Å². The summed E-state index contributed by atoms with van der Waals surface area (Å²) in [6, 6.07) is -0.865. The molecule has 64 valence electrons. The Bertz CT molecular complexity index is 162. The van der Waals surface area contributed by atoms with Crippen LogP contribution < -0.4 is 5.73 Å². The molecule has 5 heteroatoms. The molecule has 1 saturated carbocycles. The predicted octanol–water partition coefficient (Wildman–Crippen LogP) is -0.496. The minimum atomic E-state index is -0.695. The molecule has 0 saturated heterocycles. The van der Waals surface area contributed by atoms with Crippen molar-refractivity contribution in [3.8, 4) is 0 Å². The maximum atomic E-state index is 10.3. The Morgan fingerprint density at radius 2 is 2.18 bits per heavy atom. The first-order valence-electron chi connectivity index (χ1n) is 3.68. The maximum absolute atomic E-state index is 10.3. The van der Waals surface area contributed by atoms with Gasteiger partial charge in [0.15, 0.2) is 0 Å². The van der Waals surface area contributed by atoms with Gasteiger partial charge in [-0.05, 0) is 6.42 Å². The number of rotatable bonds is 1. The van der Waals surface area contributed by atoms with Crippen LogP contribution in [0.3, 0.4) is 0 Å². The first-order chi connectivity index (χ1) is 5.11. The quantitative estimate of drug-likeness (QED) is 0.400. The predicted molar refractivity (Wildman–Crippen MR) is 38.6 cm³/mol. The number of nitrogens with zero attached hydrogens (tertiary/aromatic N) is 1. The molecule has 3 unspecified atom stereocenters. The Labute approximate surface area is 64.3 Å². The molecule has 1 fully saturated rings. The topological polar surface area (TPSA) is 89.4 Å². The minimum absolute atomic E-state index is 0.203. The summed E-state index contributed by atoms with van der Waals surface area (Å²) < 4.78 is 0. The average molecular weight is 160 g/mol. The Kier molecular flexibility index (Phi) is 2.41. The van der Waals surface area contributed by atoms with Crippen LogP contribution in [0, 0.1) is 10.1 Å². The zero-order valence-corrected chi connectivity index (χ0v) is 6.14. The summed E-state index contributed by atoms with van der Waals surface area (Å²) >= 11 is 0. The molecule has 0 aliphatic heterocycles. The van der Waals surface area contributed by atoms with Crippen molar-refractivity contribution in [3.63, 3.8) is 0 Å². The molecule has 1 rings (SSSR count). The number of aliphatic hydroxyl groups is 1. The molecule has 0 radical (unpaired) electrons. The van der Waals surface area contributed by atoms with E-state index in [1.807, 2.05) is 0 Å². The molecule has 1 aliphatic rings. The van der Waals surface area contributed by atoms with E-state index in [-0.39, 0.29) is 17.4 Å². The fourth-order valence-corrected chi connectivity index (χ4v) is 1.34. The summed E-state index contributed by atoms with van der Waals surface area (Å²) in [5.74, 6) is 0. The number of nitro groups is 1. The van der Waals surface area contributed by atoms with Crippen LogP contribution in [0.5, 0.6) is 0 Å². The molecule has 0 amide bonds. The molecular formula is C6H12N2O3. The number of hydrogen-bond donors (Lipinski definition) is 2. The first-order valence-corrected chi connectivity index (χ1v) is 3.68. The molecule has 11 heavy (non-hydrogen) atoms. The largest absolute Gasteiger partial charge is 0.391 e. The van der Waals surface area contributed by atoms with Crippen molar-refractivity contribution in [3.05, 3.63) is 10.1 Å². The normalized spacial score (nSPS) is 38.5. The van der Waals surface area contributed by atoms with Gasteiger partial charge in [-0.1, -0.05) is 0 Å². The lowest BCUT2D eigenvalue weighted by Crippen LogP contribution is -2.44. The van der Waals surface area contributed by atoms with Crippen molar-refractivity contribution in [1.82, 2.24) is 0 Å². The molecule has 0 aromatic carbocycles. The second-order valence-corrected chi connectivity index (χ2v) is 2.98. The van der Waals surface area contributed by atoms with Crippen LogP contribution in [0.15, 0.2) is 0 Å². The lowest BCUT2D eigenvalue weighted by molar-refractivity contribution is -0.528. The van der Waals surface area contributed by atoms with Crippen molar-refractivity contribution in [2.45, 2.75) is 37.5 Å². The van der Waals surface area contributed by atoms with Gasteiger partial charge in [0.05, 0.1) is 6.10 Å². The van der Waals surface area contributed by atoms with Crippen LogP contribution in [0.1, 0.15) is 19.3 Å². The van der Waals surface area contributed by atoms with Crippen LogP contribution in [-0.2, 0) is 0 Å². The fourth-order valence-electron chi connectivity index (χ4n) is 1.34. The summed E-state index contributed by atoms with van der Waals surface area (Å²) in [7, 11) is 0. The molecule has 0 aromatic heterocycles. The van der Waals surface area contributed by atoms with E-state index in [1.54, 1.807) is 0 Å². The Morgan fingerprint density at radius 3 is 2.64 bits per heavy atom. The van der Waals surface area contributed by atoms with Crippen LogP contribution in [0.25, 0.3) is 0 Å². The zero-order chi connectivity index (χ0) is 8.43. The van der Waals surface area contributed by atoms with E-state index in [0.29, 0.717) is 12.8 Å². The third-order valence-corrected chi connectivity index (χ3v) is 2.14. The van der Waals surface area contributed by atoms with Gasteiger partial charge in [-0.25, -0.2) is 0 Å². The van der Waals surface area contributed by atoms with E-state index >= 15 is 0 Å². The van der Waals surface area contributed by atoms with E-state index in [9.17, 15) is 10.1 Å². The Hall–Kier alpha value is -0.680. The summed E-state index contributed by atoms with van der Waals surface area (Å²) in [5.41, 5.74) is 5.47. The van der Waals surface area contributed by atoms with Crippen molar-refractivity contribution >= 4 is 0 Å². The summed E-state index contributed by atoms with van der Waals surface area (Å²) in [6.07, 6.45) is 0.547. The van der Waals surface area contributed by atoms with Crippen molar-refractivity contribution in [2.75, 3.05) is 0 Å². The highest BCUT2D eigenvalue weighted by Crippen LogP contribution is 2.19. The van der Waals surface area contributed by atoms with Crippen molar-refractivity contribution in [2.24, 2.45) is 5.73 Å². The molecule has 5 nitrogen and oxygen atoms in total. The molecule has 3 N–H and O–H groups in total. The maximum Gasteiger partial charge on any atom is 0.215 e. The van der Waals surface area contributed by atoms with E-state index in [2.05, 4.69) is 0 Å². The number of nitrogens with two attached hydrogens (primary N) is 1. The molecule has 0 bridgehead atoms. The fraction of sp³-hybridized carbons (Fsp3) is 1.00. The van der Waals surface area contributed by atoms with E-state index in [1.165, 1.54) is 0 Å². The van der Waals surface area contributed by atoms with E-state index in [0.717, 1.165) is 0 Å². The van der Waals surface area contributed by atoms with Crippen LogP contribution in [0.2, 0.25) is 0 Å². The van der Waals surface area contributed by atoms with Gasteiger partial charge in [-0.3, -0.25) is 10.1 Å². The zero-order valence-electron chi connectivity index (χ0n) is 6.14. The molecular weight excluding hydrogens is 148 g/mol. The highest BCUT2D eigenvalue weighted by molar-refractivity contribution is 4.81. The first kappa shape index (κ1) is 8.42. The third-order valence-electron chi connectivity index (χ3n) is 2.14. The Morgan fingerprint density at radius 1 is 1.55 bits per heavy atom. The van der Waals surface area contributed by atoms with Crippen molar-refractivity contribution in [1.29, 1.82) is 0 Å². The second kappa shape index (κ2) is 3.15. The molecule has 0 aromatic rings. The lowest BCUT2D eigenvalue weighted by Gasteiger charge is -2.25. The van der Waals surface area contributed by atoms with Crippen LogP contribution in [-0.4, -0.2) is 28.2 Å². The Balaban J connectivity index is 2.46. The lowest BCUT2D eigenvalue weighted by atomic mass is 9.90. The van der Waals surface area contributed by atoms with E-state index < -0.39 is 12.1 Å². The monoisotopic (exact) mass is 160 g/mol. The summed E-state index contributed by atoms with van der Waals surface area (Å²) in [4.78, 5) is 9.92. The van der Waals surface area contributed by atoms with Gasteiger partial charge < -0.3 is 10.8 Å². The smallest absolute Gasteiger partial charge is 0.215 e. The van der Waals surface area contributed by atoms with Crippen LogP contribution >= 0.6 is 0 Å².